The maximum absolute atomic E-state index is 11.7. The molecule has 0 fully saturated rings. The van der Waals surface area contributed by atoms with Crippen molar-refractivity contribution in [2.45, 2.75) is 33.2 Å². The third-order valence-corrected chi connectivity index (χ3v) is 5.63. The average Bonchev–Trinajstić information content (AvgIpc) is 3.06. The molecule has 0 radical (unpaired) electrons. The van der Waals surface area contributed by atoms with Gasteiger partial charge in [0, 0.05) is 11.4 Å². The molecular weight excluding hydrogens is 416 g/mol. The fourth-order valence-electron chi connectivity index (χ4n) is 3.13. The number of nitrogens with two attached hydrogens (primary N) is 2. The molecule has 1 aromatic heterocycles. The average molecular weight is 445 g/mol. The van der Waals surface area contributed by atoms with Gasteiger partial charge in [0.2, 0.25) is 0 Å². The van der Waals surface area contributed by atoms with Crippen molar-refractivity contribution in [1.82, 2.24) is 5.32 Å². The first-order valence-electron chi connectivity index (χ1n) is 9.82. The van der Waals surface area contributed by atoms with E-state index in [1.807, 2.05) is 51.1 Å². The highest BCUT2D eigenvalue weighted by Crippen LogP contribution is 2.37. The van der Waals surface area contributed by atoms with Crippen LogP contribution in [-0.2, 0) is 4.79 Å². The lowest BCUT2D eigenvalue weighted by molar-refractivity contribution is -0.139. The first-order chi connectivity index (χ1) is 14.6. The summed E-state index contributed by atoms with van der Waals surface area (Å²) in [6.07, 6.45) is 4.37. The maximum atomic E-state index is 11.7. The van der Waals surface area contributed by atoms with E-state index in [2.05, 4.69) is 10.6 Å². The van der Waals surface area contributed by atoms with Gasteiger partial charge in [-0.3, -0.25) is 14.9 Å². The number of hydrogen-bond donors (Lipinski definition) is 5. The minimum absolute atomic E-state index is 0.211. The Morgan fingerprint density at radius 3 is 2.45 bits per heavy atom. The van der Waals surface area contributed by atoms with Gasteiger partial charge in [0.1, 0.15) is 11.0 Å². The molecule has 8 nitrogen and oxygen atoms in total. The minimum atomic E-state index is -0.848. The highest BCUT2D eigenvalue weighted by atomic mass is 32.1. The fourth-order valence-corrected chi connectivity index (χ4v) is 4.28. The van der Waals surface area contributed by atoms with Crippen LogP contribution < -0.4 is 22.1 Å². The molecule has 2 aromatic rings. The minimum Gasteiger partial charge on any atom is -0.480 e. The van der Waals surface area contributed by atoms with E-state index in [0.29, 0.717) is 23.9 Å². The molecule has 0 aliphatic rings. The number of rotatable bonds is 10. The number of benzene rings is 1. The predicted octanol–water partition coefficient (Wildman–Crippen LogP) is 3.42. The van der Waals surface area contributed by atoms with Crippen molar-refractivity contribution in [2.75, 3.05) is 11.9 Å². The van der Waals surface area contributed by atoms with Crippen LogP contribution in [0.2, 0.25) is 0 Å². The number of carbonyl (C=O) groups is 3. The highest BCUT2D eigenvalue weighted by molar-refractivity contribution is 7.20. The summed E-state index contributed by atoms with van der Waals surface area (Å²) in [5.41, 5.74) is 13.6. The number of amides is 3. The molecule has 0 unspecified atom stereocenters. The molecule has 0 spiro atoms. The Kier molecular flexibility index (Phi) is 8.35. The number of nitrogens with one attached hydrogen (secondary N) is 2. The number of hydrogen-bond acceptors (Lipinski definition) is 5. The Labute approximate surface area is 185 Å². The normalized spacial score (nSPS) is 12.3. The predicted molar refractivity (Wildman–Crippen MR) is 124 cm³/mol. The van der Waals surface area contributed by atoms with E-state index < -0.39 is 23.9 Å². The summed E-state index contributed by atoms with van der Waals surface area (Å²) < 4.78 is 0. The lowest BCUT2D eigenvalue weighted by Crippen LogP contribution is -2.37. The van der Waals surface area contributed by atoms with Crippen LogP contribution in [-0.4, -0.2) is 35.6 Å². The van der Waals surface area contributed by atoms with Crippen molar-refractivity contribution < 1.29 is 19.5 Å². The topological polar surface area (TPSA) is 148 Å². The van der Waals surface area contributed by atoms with Crippen LogP contribution in [0.4, 0.5) is 9.80 Å². The zero-order chi connectivity index (χ0) is 23.1. The molecular formula is C22H28N4O4S. The Balaban J connectivity index is 2.13. The summed E-state index contributed by atoms with van der Waals surface area (Å²) in [4.78, 5) is 34.9. The monoisotopic (exact) mass is 444 g/mol. The number of aryl methyl sites for hydroxylation is 1. The number of aliphatic carboxylic acids is 1. The second-order valence-corrected chi connectivity index (χ2v) is 8.66. The van der Waals surface area contributed by atoms with Crippen molar-refractivity contribution in [3.8, 4) is 10.4 Å². The first kappa shape index (κ1) is 24.1. The van der Waals surface area contributed by atoms with Crippen LogP contribution in [0.3, 0.4) is 0 Å². The van der Waals surface area contributed by atoms with Crippen LogP contribution in [0.15, 0.2) is 30.3 Å². The number of carboxylic acids is 1. The summed E-state index contributed by atoms with van der Waals surface area (Å²) in [5.74, 6) is -1.20. The van der Waals surface area contributed by atoms with Gasteiger partial charge < -0.3 is 21.9 Å². The number of thiophene rings is 1. The van der Waals surface area contributed by atoms with Crippen LogP contribution in [0.1, 0.15) is 41.8 Å². The number of primary amides is 2. The van der Waals surface area contributed by atoms with Gasteiger partial charge in [-0.1, -0.05) is 44.2 Å². The molecule has 1 heterocycles. The third-order valence-electron chi connectivity index (χ3n) is 4.55. The Morgan fingerprint density at radius 2 is 1.90 bits per heavy atom. The van der Waals surface area contributed by atoms with E-state index in [9.17, 15) is 19.5 Å². The SMILES string of the molecule is Cc1cc(/C=C/CN[C@H](CC(C)C)C(=O)O)ccc1-c1cc(C(N)=O)c(NC(N)=O)s1. The van der Waals surface area contributed by atoms with Crippen molar-refractivity contribution in [1.29, 1.82) is 0 Å². The molecule has 31 heavy (non-hydrogen) atoms. The largest absolute Gasteiger partial charge is 0.480 e. The van der Waals surface area contributed by atoms with Crippen LogP contribution in [0.5, 0.6) is 0 Å². The zero-order valence-electron chi connectivity index (χ0n) is 17.8. The maximum Gasteiger partial charge on any atom is 0.320 e. The van der Waals surface area contributed by atoms with E-state index in [1.165, 1.54) is 11.3 Å². The van der Waals surface area contributed by atoms with Crippen molar-refractivity contribution in [3.63, 3.8) is 0 Å². The van der Waals surface area contributed by atoms with Gasteiger partial charge in [-0.05, 0) is 42.0 Å². The molecule has 0 bridgehead atoms. The Morgan fingerprint density at radius 1 is 1.19 bits per heavy atom. The van der Waals surface area contributed by atoms with Gasteiger partial charge in [-0.25, -0.2) is 4.79 Å². The van der Waals surface area contributed by atoms with Gasteiger partial charge in [-0.2, -0.15) is 0 Å². The highest BCUT2D eigenvalue weighted by Gasteiger charge is 2.18. The number of anilines is 1. The van der Waals surface area contributed by atoms with Crippen LogP contribution >= 0.6 is 11.3 Å². The molecule has 1 aromatic carbocycles. The second-order valence-electron chi connectivity index (χ2n) is 7.61. The molecule has 166 valence electrons. The van der Waals surface area contributed by atoms with E-state index in [4.69, 9.17) is 11.5 Å². The smallest absolute Gasteiger partial charge is 0.320 e. The standard InChI is InChI=1S/C22H28N4O4S/c1-12(2)9-17(21(28)29)25-8-4-5-14-6-7-15(13(3)10-14)18-11-16(19(23)27)20(31-18)26-22(24)30/h4-7,10-12,17,25H,8-9H2,1-3H3,(H2,23,27)(H,28,29)(H3,24,26,30)/b5-4+/t17-/m1/s1. The van der Waals surface area contributed by atoms with Crippen LogP contribution in [0, 0.1) is 12.8 Å². The lowest BCUT2D eigenvalue weighted by Gasteiger charge is -2.15. The number of carboxylic acid groups (broad SMARTS) is 1. The van der Waals surface area contributed by atoms with Crippen molar-refractivity contribution in [2.24, 2.45) is 17.4 Å². The third kappa shape index (κ3) is 6.94. The zero-order valence-corrected chi connectivity index (χ0v) is 18.6. The summed E-state index contributed by atoms with van der Waals surface area (Å²) in [6.45, 7) is 6.37. The molecule has 0 saturated heterocycles. The molecule has 2 rings (SSSR count). The van der Waals surface area contributed by atoms with Gasteiger partial charge in [0.15, 0.2) is 0 Å². The van der Waals surface area contributed by atoms with Gasteiger partial charge in [-0.15, -0.1) is 11.3 Å². The van der Waals surface area contributed by atoms with E-state index in [1.54, 1.807) is 6.07 Å². The molecule has 0 aliphatic heterocycles. The summed E-state index contributed by atoms with van der Waals surface area (Å²) >= 11 is 1.22. The van der Waals surface area contributed by atoms with E-state index in [-0.39, 0.29) is 5.56 Å². The summed E-state index contributed by atoms with van der Waals surface area (Å²) in [5, 5.41) is 15.1. The van der Waals surface area contributed by atoms with Crippen molar-refractivity contribution >= 4 is 40.3 Å². The molecule has 3 amide bonds. The second kappa shape index (κ2) is 10.7. The molecule has 0 aliphatic carbocycles. The molecule has 7 N–H and O–H groups in total. The Hall–Kier alpha value is -3.17. The lowest BCUT2D eigenvalue weighted by atomic mass is 10.0. The number of carbonyl (C=O) groups excluding carboxylic acids is 2. The fraction of sp³-hybridized carbons (Fsp3) is 0.318. The van der Waals surface area contributed by atoms with Gasteiger partial charge in [0.05, 0.1) is 5.56 Å². The van der Waals surface area contributed by atoms with Crippen molar-refractivity contribution in [3.05, 3.63) is 47.0 Å². The van der Waals surface area contributed by atoms with E-state index in [0.717, 1.165) is 21.6 Å². The summed E-state index contributed by atoms with van der Waals surface area (Å²) in [7, 11) is 0. The first-order valence-corrected chi connectivity index (χ1v) is 10.6. The molecule has 0 saturated carbocycles. The summed E-state index contributed by atoms with van der Waals surface area (Å²) in [6, 6.07) is 6.13. The van der Waals surface area contributed by atoms with Crippen LogP contribution in [0.25, 0.3) is 16.5 Å². The van der Waals surface area contributed by atoms with E-state index >= 15 is 0 Å². The van der Waals surface area contributed by atoms with Gasteiger partial charge >= 0.3 is 12.0 Å². The quantitative estimate of drug-likeness (QED) is 0.381. The molecule has 9 heteroatoms. The Bertz CT molecular complexity index is 997. The number of urea groups is 1. The molecule has 1 atom stereocenters. The van der Waals surface area contributed by atoms with Gasteiger partial charge in [0.25, 0.3) is 5.91 Å².